The summed E-state index contributed by atoms with van der Waals surface area (Å²) in [4.78, 5) is 45.0. The molecule has 0 unspecified atom stereocenters. The van der Waals surface area contributed by atoms with E-state index < -0.39 is 23.2 Å². The fourth-order valence-corrected chi connectivity index (χ4v) is 4.76. The number of benzene rings is 2. The highest BCUT2D eigenvalue weighted by Gasteiger charge is 2.35. The molecular formula is C28H27BrF3N5O3. The standard InChI is InChI=1S/C28H27BrF3N5O3/c1-5-27(2,3)35-26-34-22-15-36(24(39)17-8-11-21(29)20(14-17)28(30,31)32)13-12-19(22)25(40)37(26)18-9-6-16(7-10-18)23(38)33-4/h5-11,14H,1,12-13,15H2,2-4H3,(H,33,38)(H,34,35). The molecule has 2 N–H and O–H groups in total. The molecule has 2 amide bonds. The minimum absolute atomic E-state index is 0.0551. The van der Waals surface area contributed by atoms with Gasteiger partial charge in [-0.15, -0.1) is 6.58 Å². The van der Waals surface area contributed by atoms with Crippen LogP contribution in [-0.4, -0.2) is 45.4 Å². The fourth-order valence-electron chi connectivity index (χ4n) is 4.29. The number of rotatable bonds is 6. The molecule has 1 aromatic heterocycles. The van der Waals surface area contributed by atoms with Gasteiger partial charge >= 0.3 is 6.18 Å². The van der Waals surface area contributed by atoms with Crippen LogP contribution in [-0.2, 0) is 19.1 Å². The summed E-state index contributed by atoms with van der Waals surface area (Å²) in [6.07, 6.45) is -2.82. The van der Waals surface area contributed by atoms with Gasteiger partial charge in [-0.05, 0) is 62.7 Å². The van der Waals surface area contributed by atoms with Crippen molar-refractivity contribution in [1.29, 1.82) is 0 Å². The second-order valence-electron chi connectivity index (χ2n) is 9.85. The number of alkyl halides is 3. The SMILES string of the molecule is C=CC(C)(C)Nc1nc2c(c(=O)n1-c1ccc(C(=O)NC)cc1)CCN(C(=O)c1ccc(Br)c(C(F)(F)F)c1)C2. The molecule has 8 nitrogen and oxygen atoms in total. The minimum Gasteiger partial charge on any atom is -0.355 e. The average Bonchev–Trinajstić information content (AvgIpc) is 2.91. The van der Waals surface area contributed by atoms with E-state index >= 15 is 0 Å². The van der Waals surface area contributed by atoms with Crippen LogP contribution >= 0.6 is 15.9 Å². The van der Waals surface area contributed by atoms with Crippen LogP contribution in [0.1, 0.15) is 51.4 Å². The molecular weight excluding hydrogens is 591 g/mol. The lowest BCUT2D eigenvalue weighted by Gasteiger charge is -2.31. The van der Waals surface area contributed by atoms with Gasteiger partial charge in [0, 0.05) is 34.8 Å². The molecule has 3 aromatic rings. The Kier molecular flexibility index (Phi) is 7.93. The third-order valence-corrected chi connectivity index (χ3v) is 7.29. The molecule has 1 aliphatic rings. The number of fused-ring (bicyclic) bond motifs is 1. The summed E-state index contributed by atoms with van der Waals surface area (Å²) in [7, 11) is 1.52. The van der Waals surface area contributed by atoms with Crippen molar-refractivity contribution in [3.8, 4) is 5.69 Å². The highest BCUT2D eigenvalue weighted by molar-refractivity contribution is 9.10. The second kappa shape index (κ2) is 10.9. The van der Waals surface area contributed by atoms with E-state index in [2.05, 4.69) is 33.1 Å². The first-order chi connectivity index (χ1) is 18.8. The molecule has 4 rings (SSSR count). The Morgan fingerprint density at radius 2 is 1.75 bits per heavy atom. The van der Waals surface area contributed by atoms with Gasteiger partial charge in [0.2, 0.25) is 5.95 Å². The van der Waals surface area contributed by atoms with Crippen molar-refractivity contribution in [3.63, 3.8) is 0 Å². The first-order valence-corrected chi connectivity index (χ1v) is 13.1. The molecule has 0 radical (unpaired) electrons. The van der Waals surface area contributed by atoms with Gasteiger partial charge in [-0.2, -0.15) is 13.2 Å². The van der Waals surface area contributed by atoms with Crippen molar-refractivity contribution >= 4 is 33.7 Å². The molecule has 0 atom stereocenters. The summed E-state index contributed by atoms with van der Waals surface area (Å²) in [5, 5.41) is 5.75. The number of hydrogen-bond donors (Lipinski definition) is 2. The first-order valence-electron chi connectivity index (χ1n) is 12.3. The first kappa shape index (κ1) is 29.1. The molecule has 1 aliphatic heterocycles. The number of halogens is 4. The summed E-state index contributed by atoms with van der Waals surface area (Å²) in [6, 6.07) is 9.79. The molecule has 0 saturated heterocycles. The van der Waals surface area contributed by atoms with Crippen LogP contribution in [0.5, 0.6) is 0 Å². The summed E-state index contributed by atoms with van der Waals surface area (Å²) in [5.41, 5.74) is -0.452. The third kappa shape index (κ3) is 5.81. The summed E-state index contributed by atoms with van der Waals surface area (Å²) >= 11 is 2.89. The Bertz CT molecular complexity index is 1550. The van der Waals surface area contributed by atoms with Gasteiger partial charge in [-0.3, -0.25) is 14.4 Å². The van der Waals surface area contributed by atoms with Crippen LogP contribution < -0.4 is 16.2 Å². The largest absolute Gasteiger partial charge is 0.417 e. The minimum atomic E-state index is -4.63. The van der Waals surface area contributed by atoms with Crippen molar-refractivity contribution in [2.24, 2.45) is 0 Å². The van der Waals surface area contributed by atoms with Gasteiger partial charge in [0.05, 0.1) is 29.0 Å². The zero-order chi connectivity index (χ0) is 29.4. The van der Waals surface area contributed by atoms with Crippen LogP contribution in [0.4, 0.5) is 19.1 Å². The van der Waals surface area contributed by atoms with Crippen molar-refractivity contribution in [3.05, 3.63) is 97.9 Å². The number of nitrogens with zero attached hydrogens (tertiary/aromatic N) is 3. The lowest BCUT2D eigenvalue weighted by Crippen LogP contribution is -2.42. The van der Waals surface area contributed by atoms with Crippen LogP contribution in [0, 0.1) is 0 Å². The molecule has 2 aromatic carbocycles. The predicted molar refractivity (Wildman–Crippen MR) is 149 cm³/mol. The predicted octanol–water partition coefficient (Wildman–Crippen LogP) is 4.95. The zero-order valence-electron chi connectivity index (χ0n) is 22.0. The monoisotopic (exact) mass is 617 g/mol. The van der Waals surface area contributed by atoms with E-state index in [0.717, 1.165) is 6.07 Å². The maximum atomic E-state index is 13.8. The van der Waals surface area contributed by atoms with Crippen LogP contribution in [0.3, 0.4) is 0 Å². The Morgan fingerprint density at radius 3 is 2.35 bits per heavy atom. The topological polar surface area (TPSA) is 96.3 Å². The highest BCUT2D eigenvalue weighted by Crippen LogP contribution is 2.35. The zero-order valence-corrected chi connectivity index (χ0v) is 23.6. The van der Waals surface area contributed by atoms with Crippen LogP contribution in [0.25, 0.3) is 5.69 Å². The fraction of sp³-hybridized carbons (Fsp3) is 0.286. The second-order valence-corrected chi connectivity index (χ2v) is 10.7. The number of carbonyl (C=O) groups is 2. The molecule has 12 heteroatoms. The number of hydrogen-bond acceptors (Lipinski definition) is 5. The Labute approximate surface area is 237 Å². The number of aromatic nitrogens is 2. The molecule has 2 heterocycles. The molecule has 0 saturated carbocycles. The Morgan fingerprint density at radius 1 is 1.10 bits per heavy atom. The van der Waals surface area contributed by atoms with Gasteiger partial charge < -0.3 is 15.5 Å². The summed E-state index contributed by atoms with van der Waals surface area (Å²) < 4.78 is 41.5. The maximum Gasteiger partial charge on any atom is 0.417 e. The van der Waals surface area contributed by atoms with Crippen molar-refractivity contribution in [1.82, 2.24) is 19.8 Å². The van der Waals surface area contributed by atoms with E-state index in [9.17, 15) is 27.6 Å². The summed E-state index contributed by atoms with van der Waals surface area (Å²) in [6.45, 7) is 7.57. The van der Waals surface area contributed by atoms with Gasteiger partial charge in [0.1, 0.15) is 0 Å². The smallest absolute Gasteiger partial charge is 0.355 e. The molecule has 0 fully saturated rings. The number of amides is 2. The highest BCUT2D eigenvalue weighted by atomic mass is 79.9. The van der Waals surface area contributed by atoms with E-state index in [4.69, 9.17) is 4.98 Å². The van der Waals surface area contributed by atoms with E-state index in [1.807, 2.05) is 13.8 Å². The van der Waals surface area contributed by atoms with E-state index in [1.165, 1.54) is 28.6 Å². The quantitative estimate of drug-likeness (QED) is 0.382. The van der Waals surface area contributed by atoms with Gasteiger partial charge in [-0.25, -0.2) is 9.55 Å². The lowest BCUT2D eigenvalue weighted by molar-refractivity contribution is -0.138. The van der Waals surface area contributed by atoms with Gasteiger partial charge in [0.15, 0.2) is 0 Å². The molecule has 0 bridgehead atoms. The van der Waals surface area contributed by atoms with E-state index in [1.54, 1.807) is 30.3 Å². The maximum absolute atomic E-state index is 13.8. The van der Waals surface area contributed by atoms with E-state index in [0.29, 0.717) is 22.5 Å². The van der Waals surface area contributed by atoms with Crippen molar-refractivity contribution in [2.45, 2.75) is 38.5 Å². The molecule has 40 heavy (non-hydrogen) atoms. The molecule has 0 spiro atoms. The molecule has 210 valence electrons. The van der Waals surface area contributed by atoms with Crippen molar-refractivity contribution in [2.75, 3.05) is 18.9 Å². The van der Waals surface area contributed by atoms with Gasteiger partial charge in [-0.1, -0.05) is 22.0 Å². The Balaban J connectivity index is 1.75. The average molecular weight is 618 g/mol. The Hall–Kier alpha value is -3.93. The number of anilines is 1. The van der Waals surface area contributed by atoms with Crippen LogP contribution in [0.2, 0.25) is 0 Å². The lowest BCUT2D eigenvalue weighted by atomic mass is 10.0. The summed E-state index contributed by atoms with van der Waals surface area (Å²) in [5.74, 6) is -0.675. The molecule has 0 aliphatic carbocycles. The van der Waals surface area contributed by atoms with Crippen molar-refractivity contribution < 1.29 is 22.8 Å². The number of carbonyl (C=O) groups excluding carboxylic acids is 2. The van der Waals surface area contributed by atoms with Gasteiger partial charge in [0.25, 0.3) is 17.4 Å². The number of nitrogens with one attached hydrogen (secondary N) is 2. The normalized spacial score (nSPS) is 13.4. The third-order valence-electron chi connectivity index (χ3n) is 6.60. The van der Waals surface area contributed by atoms with E-state index in [-0.39, 0.29) is 47.0 Å². The van der Waals surface area contributed by atoms with Crippen LogP contribution in [0.15, 0.2) is 64.4 Å².